The highest BCUT2D eigenvalue weighted by Crippen LogP contribution is 1.98. The number of carboxylic acids is 1. The van der Waals surface area contributed by atoms with Crippen LogP contribution >= 0.6 is 0 Å². The van der Waals surface area contributed by atoms with Crippen LogP contribution in [0.5, 0.6) is 0 Å². The summed E-state index contributed by atoms with van der Waals surface area (Å²) in [6, 6.07) is -0.313. The first-order chi connectivity index (χ1) is 8.58. The highest BCUT2D eigenvalue weighted by atomic mass is 16.4. The third-order valence-electron chi connectivity index (χ3n) is 2.25. The number of carbonyl (C=O) groups is 2. The van der Waals surface area contributed by atoms with Crippen LogP contribution in [-0.2, 0) is 11.2 Å². The average molecular weight is 255 g/mol. The van der Waals surface area contributed by atoms with Crippen molar-refractivity contribution in [1.29, 1.82) is 0 Å². The zero-order valence-corrected chi connectivity index (χ0v) is 10.1. The van der Waals surface area contributed by atoms with Gasteiger partial charge in [-0.2, -0.15) is 5.10 Å². The Morgan fingerprint density at radius 1 is 1.50 bits per heavy atom. The summed E-state index contributed by atoms with van der Waals surface area (Å²) in [6.45, 7) is 2.54. The quantitative estimate of drug-likeness (QED) is 0.536. The van der Waals surface area contributed by atoms with Crippen LogP contribution in [0.15, 0.2) is 6.33 Å². The Bertz CT molecular complexity index is 379. The van der Waals surface area contributed by atoms with E-state index < -0.39 is 5.97 Å². The summed E-state index contributed by atoms with van der Waals surface area (Å²) in [5.74, 6) is -0.257. The van der Waals surface area contributed by atoms with E-state index in [1.54, 1.807) is 6.92 Å². The molecule has 0 bridgehead atoms. The summed E-state index contributed by atoms with van der Waals surface area (Å²) >= 11 is 0. The predicted molar refractivity (Wildman–Crippen MR) is 62.9 cm³/mol. The Kier molecular flexibility index (Phi) is 5.62. The second kappa shape index (κ2) is 7.25. The Balaban J connectivity index is 2.08. The number of nitrogens with one attached hydrogen (secondary N) is 3. The summed E-state index contributed by atoms with van der Waals surface area (Å²) in [7, 11) is 0. The minimum absolute atomic E-state index is 0.0400. The zero-order valence-electron chi connectivity index (χ0n) is 10.1. The number of aromatic nitrogens is 3. The average Bonchev–Trinajstić information content (AvgIpc) is 2.78. The van der Waals surface area contributed by atoms with Gasteiger partial charge >= 0.3 is 12.0 Å². The van der Waals surface area contributed by atoms with E-state index in [0.29, 0.717) is 25.3 Å². The van der Waals surface area contributed by atoms with Gasteiger partial charge in [-0.1, -0.05) is 6.92 Å². The smallest absolute Gasteiger partial charge is 0.314 e. The van der Waals surface area contributed by atoms with E-state index in [2.05, 4.69) is 25.8 Å². The number of hydrogen-bond donors (Lipinski definition) is 4. The van der Waals surface area contributed by atoms with Crippen molar-refractivity contribution in [2.45, 2.75) is 19.8 Å². The Hall–Kier alpha value is -2.12. The molecule has 0 saturated heterocycles. The number of urea groups is 1. The maximum atomic E-state index is 11.3. The predicted octanol–water partition coefficient (Wildman–Crippen LogP) is -0.243. The molecule has 8 heteroatoms. The molecule has 2 amide bonds. The van der Waals surface area contributed by atoms with Crippen molar-refractivity contribution in [2.24, 2.45) is 5.92 Å². The van der Waals surface area contributed by atoms with Crippen LogP contribution in [0.2, 0.25) is 0 Å². The van der Waals surface area contributed by atoms with E-state index in [4.69, 9.17) is 5.11 Å². The zero-order chi connectivity index (χ0) is 13.4. The molecule has 1 atom stereocenters. The van der Waals surface area contributed by atoms with Crippen molar-refractivity contribution in [2.75, 3.05) is 13.1 Å². The largest absolute Gasteiger partial charge is 0.481 e. The van der Waals surface area contributed by atoms with Crippen molar-refractivity contribution in [3.05, 3.63) is 12.2 Å². The monoisotopic (exact) mass is 255 g/mol. The second-order valence-electron chi connectivity index (χ2n) is 4.02. The first-order valence-corrected chi connectivity index (χ1v) is 5.65. The molecule has 100 valence electrons. The molecule has 0 radical (unpaired) electrons. The molecule has 0 aliphatic carbocycles. The summed E-state index contributed by atoms with van der Waals surface area (Å²) in [6.07, 6.45) is 2.01. The van der Waals surface area contributed by atoms with Crippen molar-refractivity contribution < 1.29 is 14.7 Å². The molecule has 0 aliphatic heterocycles. The van der Waals surface area contributed by atoms with E-state index in [0.717, 1.165) is 0 Å². The van der Waals surface area contributed by atoms with Crippen LogP contribution in [-0.4, -0.2) is 45.4 Å². The van der Waals surface area contributed by atoms with Crippen LogP contribution in [0, 0.1) is 5.92 Å². The molecule has 0 aromatic carbocycles. The third-order valence-corrected chi connectivity index (χ3v) is 2.25. The molecule has 1 heterocycles. The van der Waals surface area contributed by atoms with Gasteiger partial charge in [0.15, 0.2) is 0 Å². The maximum absolute atomic E-state index is 11.3. The number of aromatic amines is 1. The minimum atomic E-state index is -0.866. The van der Waals surface area contributed by atoms with Gasteiger partial charge in [0, 0.05) is 25.9 Å². The fourth-order valence-electron chi connectivity index (χ4n) is 1.35. The summed E-state index contributed by atoms with van der Waals surface area (Å²) in [5.41, 5.74) is 0. The van der Waals surface area contributed by atoms with Gasteiger partial charge in [-0.25, -0.2) is 9.78 Å². The van der Waals surface area contributed by atoms with Gasteiger partial charge in [0.1, 0.15) is 12.2 Å². The van der Waals surface area contributed by atoms with E-state index in [1.165, 1.54) is 6.33 Å². The number of rotatable bonds is 7. The van der Waals surface area contributed by atoms with Crippen molar-refractivity contribution in [3.8, 4) is 0 Å². The molecular weight excluding hydrogens is 238 g/mol. The van der Waals surface area contributed by atoms with Crippen molar-refractivity contribution in [3.63, 3.8) is 0 Å². The number of amides is 2. The molecule has 0 saturated carbocycles. The molecule has 4 N–H and O–H groups in total. The van der Waals surface area contributed by atoms with Crippen LogP contribution in [0.3, 0.4) is 0 Å². The van der Waals surface area contributed by atoms with Gasteiger partial charge in [0.25, 0.3) is 0 Å². The normalized spacial score (nSPS) is 11.8. The minimum Gasteiger partial charge on any atom is -0.481 e. The highest BCUT2D eigenvalue weighted by Gasteiger charge is 2.08. The lowest BCUT2D eigenvalue weighted by atomic mass is 10.1. The van der Waals surface area contributed by atoms with Crippen LogP contribution < -0.4 is 10.6 Å². The van der Waals surface area contributed by atoms with Gasteiger partial charge < -0.3 is 15.7 Å². The number of H-pyrrole nitrogens is 1. The van der Waals surface area contributed by atoms with Gasteiger partial charge in [-0.05, 0) is 5.92 Å². The molecule has 1 aromatic heterocycles. The molecular formula is C10H17N5O3. The Morgan fingerprint density at radius 3 is 2.89 bits per heavy atom. The topological polar surface area (TPSA) is 120 Å². The molecule has 8 nitrogen and oxygen atoms in total. The van der Waals surface area contributed by atoms with E-state index >= 15 is 0 Å². The second-order valence-corrected chi connectivity index (χ2v) is 4.02. The number of hydrogen-bond acceptors (Lipinski definition) is 4. The first kappa shape index (κ1) is 13.9. The molecule has 0 fully saturated rings. The number of aliphatic carboxylic acids is 1. The number of carboxylic acid groups (broad SMARTS) is 1. The SMILES string of the molecule is CC(CNC(=O)NCCc1ncn[nH]1)CC(=O)O. The van der Waals surface area contributed by atoms with Crippen LogP contribution in [0.25, 0.3) is 0 Å². The number of carbonyl (C=O) groups excluding carboxylic acids is 1. The molecule has 1 rings (SSSR count). The third kappa shape index (κ3) is 5.83. The van der Waals surface area contributed by atoms with Gasteiger partial charge in [0.2, 0.25) is 0 Å². The Morgan fingerprint density at radius 2 is 2.28 bits per heavy atom. The Labute approximate surface area is 104 Å². The summed E-state index contributed by atoms with van der Waals surface area (Å²) in [5, 5.41) is 20.2. The molecule has 0 spiro atoms. The van der Waals surface area contributed by atoms with Gasteiger partial charge in [-0.15, -0.1) is 0 Å². The van der Waals surface area contributed by atoms with Crippen LogP contribution in [0.4, 0.5) is 4.79 Å². The lowest BCUT2D eigenvalue weighted by Gasteiger charge is -2.10. The summed E-state index contributed by atoms with van der Waals surface area (Å²) < 4.78 is 0. The molecule has 0 aliphatic rings. The lowest BCUT2D eigenvalue weighted by molar-refractivity contribution is -0.137. The van der Waals surface area contributed by atoms with E-state index in [-0.39, 0.29) is 18.4 Å². The lowest BCUT2D eigenvalue weighted by Crippen LogP contribution is -2.39. The summed E-state index contributed by atoms with van der Waals surface area (Å²) in [4.78, 5) is 25.7. The van der Waals surface area contributed by atoms with E-state index in [1.807, 2.05) is 0 Å². The van der Waals surface area contributed by atoms with Crippen molar-refractivity contribution >= 4 is 12.0 Å². The molecule has 1 aromatic rings. The van der Waals surface area contributed by atoms with E-state index in [9.17, 15) is 9.59 Å². The van der Waals surface area contributed by atoms with Gasteiger partial charge in [0.05, 0.1) is 0 Å². The fourth-order valence-corrected chi connectivity index (χ4v) is 1.35. The highest BCUT2D eigenvalue weighted by molar-refractivity contribution is 5.74. The standard InChI is InChI=1S/C10H17N5O3/c1-7(4-9(16)17)5-12-10(18)11-3-2-8-13-6-14-15-8/h6-7H,2-5H2,1H3,(H,16,17)(H2,11,12,18)(H,13,14,15). The maximum Gasteiger partial charge on any atom is 0.314 e. The van der Waals surface area contributed by atoms with Crippen molar-refractivity contribution in [1.82, 2.24) is 25.8 Å². The van der Waals surface area contributed by atoms with Crippen LogP contribution in [0.1, 0.15) is 19.2 Å². The molecule has 1 unspecified atom stereocenters. The number of nitrogens with zero attached hydrogens (tertiary/aromatic N) is 2. The first-order valence-electron chi connectivity index (χ1n) is 5.65. The van der Waals surface area contributed by atoms with Gasteiger partial charge in [-0.3, -0.25) is 9.89 Å². The molecule has 18 heavy (non-hydrogen) atoms. The fraction of sp³-hybridized carbons (Fsp3) is 0.600.